The number of benzene rings is 1. The number of halogens is 1. The highest BCUT2D eigenvalue weighted by Gasteiger charge is 2.28. The van der Waals surface area contributed by atoms with E-state index in [0.717, 1.165) is 12.2 Å². The number of carbonyl (C=O) groups is 1. The molecule has 0 radical (unpaired) electrons. The molecule has 0 aromatic heterocycles. The minimum Gasteiger partial charge on any atom is -0.329 e. The number of carbonyl (C=O) groups excluding carboxylic acids is 1. The summed E-state index contributed by atoms with van der Waals surface area (Å²) in [6, 6.07) is 7.33. The Morgan fingerprint density at radius 3 is 2.88 bits per heavy atom. The molecule has 1 heterocycles. The van der Waals surface area contributed by atoms with Crippen LogP contribution in [0.25, 0.3) is 0 Å². The van der Waals surface area contributed by atoms with E-state index >= 15 is 0 Å². The molecule has 2 amide bonds. The third kappa shape index (κ3) is 2.13. The molecule has 1 aromatic rings. The van der Waals surface area contributed by atoms with E-state index in [0.29, 0.717) is 24.7 Å². The van der Waals surface area contributed by atoms with Gasteiger partial charge in [0.05, 0.1) is 0 Å². The molecule has 1 aromatic carbocycles. The van der Waals surface area contributed by atoms with Gasteiger partial charge in [-0.3, -0.25) is 4.90 Å². The minimum absolute atomic E-state index is 0.00715. The second-order valence-electron chi connectivity index (χ2n) is 3.69. The highest BCUT2D eigenvalue weighted by atomic mass is 35.5. The predicted molar refractivity (Wildman–Crippen MR) is 64.8 cm³/mol. The molecule has 0 spiro atoms. The topological polar surface area (TPSA) is 49.6 Å². The van der Waals surface area contributed by atoms with Crippen molar-refractivity contribution in [3.8, 4) is 0 Å². The fourth-order valence-electron chi connectivity index (χ4n) is 1.83. The first-order valence-corrected chi connectivity index (χ1v) is 5.62. The standard InChI is InChI=1S/C11H14ClN3O/c12-9-2-1-3-10(8-9)15-7-6-14(5-4-13)11(15)16/h1-3,8H,4-7,13H2. The van der Waals surface area contributed by atoms with Gasteiger partial charge in [0.1, 0.15) is 0 Å². The maximum absolute atomic E-state index is 12.0. The zero-order chi connectivity index (χ0) is 11.5. The van der Waals surface area contributed by atoms with Crippen molar-refractivity contribution < 1.29 is 4.79 Å². The van der Waals surface area contributed by atoms with Crippen molar-refractivity contribution in [3.05, 3.63) is 29.3 Å². The first-order chi connectivity index (χ1) is 7.72. The molecule has 2 N–H and O–H groups in total. The van der Waals surface area contributed by atoms with E-state index in [-0.39, 0.29) is 6.03 Å². The molecule has 1 saturated heterocycles. The maximum atomic E-state index is 12.0. The molecule has 0 aliphatic carbocycles. The zero-order valence-electron chi connectivity index (χ0n) is 8.90. The van der Waals surface area contributed by atoms with Crippen molar-refractivity contribution in [1.29, 1.82) is 0 Å². The third-order valence-corrected chi connectivity index (χ3v) is 2.85. The largest absolute Gasteiger partial charge is 0.329 e. The summed E-state index contributed by atoms with van der Waals surface area (Å²) in [5, 5.41) is 0.641. The van der Waals surface area contributed by atoms with Gasteiger partial charge in [0.2, 0.25) is 0 Å². The quantitative estimate of drug-likeness (QED) is 0.870. The number of hydrogen-bond acceptors (Lipinski definition) is 2. The van der Waals surface area contributed by atoms with Crippen LogP contribution in [-0.2, 0) is 0 Å². The monoisotopic (exact) mass is 239 g/mol. The van der Waals surface area contributed by atoms with Gasteiger partial charge in [-0.1, -0.05) is 17.7 Å². The van der Waals surface area contributed by atoms with E-state index in [2.05, 4.69) is 0 Å². The van der Waals surface area contributed by atoms with Gasteiger partial charge in [-0.25, -0.2) is 4.79 Å². The van der Waals surface area contributed by atoms with Crippen LogP contribution < -0.4 is 10.6 Å². The summed E-state index contributed by atoms with van der Waals surface area (Å²) in [5.74, 6) is 0. The zero-order valence-corrected chi connectivity index (χ0v) is 9.65. The first-order valence-electron chi connectivity index (χ1n) is 5.24. The summed E-state index contributed by atoms with van der Waals surface area (Å²) in [6.45, 7) is 2.52. The predicted octanol–water partition coefficient (Wildman–Crippen LogP) is 1.54. The molecule has 1 fully saturated rings. The number of amides is 2. The lowest BCUT2D eigenvalue weighted by molar-refractivity contribution is 0.222. The summed E-state index contributed by atoms with van der Waals surface area (Å²) < 4.78 is 0. The first kappa shape index (κ1) is 11.2. The summed E-state index contributed by atoms with van der Waals surface area (Å²) in [7, 11) is 0. The highest BCUT2D eigenvalue weighted by Crippen LogP contribution is 2.23. The molecule has 0 saturated carbocycles. The minimum atomic E-state index is 0.00715. The van der Waals surface area contributed by atoms with Crippen LogP contribution in [0.1, 0.15) is 0 Å². The Bertz CT molecular complexity index is 397. The van der Waals surface area contributed by atoms with Crippen molar-refractivity contribution in [3.63, 3.8) is 0 Å². The normalized spacial score (nSPS) is 16.0. The Hall–Kier alpha value is -1.26. The molecular weight excluding hydrogens is 226 g/mol. The van der Waals surface area contributed by atoms with Crippen molar-refractivity contribution in [2.75, 3.05) is 31.1 Å². The van der Waals surface area contributed by atoms with Gasteiger partial charge in [-0.2, -0.15) is 0 Å². The van der Waals surface area contributed by atoms with Gasteiger partial charge in [0.15, 0.2) is 0 Å². The lowest BCUT2D eigenvalue weighted by atomic mass is 10.3. The average Bonchev–Trinajstić information content (AvgIpc) is 2.61. The Balaban J connectivity index is 2.15. The van der Waals surface area contributed by atoms with Crippen LogP contribution in [0.4, 0.5) is 10.5 Å². The molecule has 0 bridgehead atoms. The maximum Gasteiger partial charge on any atom is 0.324 e. The van der Waals surface area contributed by atoms with Crippen LogP contribution in [0, 0.1) is 0 Å². The molecular formula is C11H14ClN3O. The van der Waals surface area contributed by atoms with Crippen LogP contribution in [0.2, 0.25) is 5.02 Å². The SMILES string of the molecule is NCCN1CCN(c2cccc(Cl)c2)C1=O. The molecule has 1 aliphatic rings. The van der Waals surface area contributed by atoms with Crippen molar-refractivity contribution in [1.82, 2.24) is 4.90 Å². The fraction of sp³-hybridized carbons (Fsp3) is 0.364. The number of rotatable bonds is 3. The third-order valence-electron chi connectivity index (χ3n) is 2.61. The average molecular weight is 240 g/mol. The molecule has 86 valence electrons. The lowest BCUT2D eigenvalue weighted by Gasteiger charge is -2.18. The number of hydrogen-bond donors (Lipinski definition) is 1. The van der Waals surface area contributed by atoms with Gasteiger partial charge < -0.3 is 10.6 Å². The number of nitrogens with zero attached hydrogens (tertiary/aromatic N) is 2. The summed E-state index contributed by atoms with van der Waals surface area (Å²) in [6.07, 6.45) is 0. The molecule has 0 unspecified atom stereocenters. The van der Waals surface area contributed by atoms with E-state index in [1.165, 1.54) is 0 Å². The van der Waals surface area contributed by atoms with E-state index in [4.69, 9.17) is 17.3 Å². The second-order valence-corrected chi connectivity index (χ2v) is 4.13. The number of anilines is 1. The molecule has 0 atom stereocenters. The molecule has 4 nitrogen and oxygen atoms in total. The number of nitrogens with two attached hydrogens (primary N) is 1. The Morgan fingerprint density at radius 2 is 2.19 bits per heavy atom. The summed E-state index contributed by atoms with van der Waals surface area (Å²) >= 11 is 5.90. The summed E-state index contributed by atoms with van der Waals surface area (Å²) in [5.41, 5.74) is 6.29. The van der Waals surface area contributed by atoms with Gasteiger partial charge in [-0.05, 0) is 18.2 Å². The Morgan fingerprint density at radius 1 is 1.38 bits per heavy atom. The van der Waals surface area contributed by atoms with Gasteiger partial charge in [0, 0.05) is 36.9 Å². The molecule has 5 heteroatoms. The van der Waals surface area contributed by atoms with Crippen molar-refractivity contribution >= 4 is 23.3 Å². The molecule has 1 aliphatic heterocycles. The van der Waals surface area contributed by atoms with E-state index in [1.54, 1.807) is 21.9 Å². The van der Waals surface area contributed by atoms with Crippen LogP contribution in [0.3, 0.4) is 0 Å². The van der Waals surface area contributed by atoms with E-state index in [9.17, 15) is 4.79 Å². The molecule has 16 heavy (non-hydrogen) atoms. The van der Waals surface area contributed by atoms with Crippen LogP contribution >= 0.6 is 11.6 Å². The van der Waals surface area contributed by atoms with Gasteiger partial charge in [0.25, 0.3) is 0 Å². The van der Waals surface area contributed by atoms with Gasteiger partial charge >= 0.3 is 6.03 Å². The van der Waals surface area contributed by atoms with Crippen LogP contribution in [0.15, 0.2) is 24.3 Å². The van der Waals surface area contributed by atoms with Crippen molar-refractivity contribution in [2.24, 2.45) is 5.73 Å². The van der Waals surface area contributed by atoms with Gasteiger partial charge in [-0.15, -0.1) is 0 Å². The molecule has 2 rings (SSSR count). The van der Waals surface area contributed by atoms with E-state index in [1.807, 2.05) is 12.1 Å². The van der Waals surface area contributed by atoms with Crippen molar-refractivity contribution in [2.45, 2.75) is 0 Å². The lowest BCUT2D eigenvalue weighted by Crippen LogP contribution is -2.34. The highest BCUT2D eigenvalue weighted by molar-refractivity contribution is 6.30. The Labute approximate surface area is 99.6 Å². The van der Waals surface area contributed by atoms with E-state index < -0.39 is 0 Å². The van der Waals surface area contributed by atoms with Crippen LogP contribution in [-0.4, -0.2) is 37.1 Å². The smallest absolute Gasteiger partial charge is 0.324 e. The second kappa shape index (κ2) is 4.72. The fourth-order valence-corrected chi connectivity index (χ4v) is 2.01. The Kier molecular flexibility index (Phi) is 3.31. The summed E-state index contributed by atoms with van der Waals surface area (Å²) in [4.78, 5) is 15.4. The van der Waals surface area contributed by atoms with Crippen LogP contribution in [0.5, 0.6) is 0 Å². The number of urea groups is 1.